The van der Waals surface area contributed by atoms with Gasteiger partial charge < -0.3 is 4.74 Å². The molecule has 1 N–H and O–H groups in total. The molecule has 0 heterocycles. The fourth-order valence-electron chi connectivity index (χ4n) is 5.04. The van der Waals surface area contributed by atoms with Crippen molar-refractivity contribution in [3.8, 4) is 5.75 Å². The van der Waals surface area contributed by atoms with Gasteiger partial charge in [0.1, 0.15) is 5.75 Å². The lowest BCUT2D eigenvalue weighted by atomic mass is 9.55. The van der Waals surface area contributed by atoms with Gasteiger partial charge in [0.25, 0.3) is 0 Å². The van der Waals surface area contributed by atoms with Crippen molar-refractivity contribution in [2.75, 3.05) is 6.61 Å². The molecule has 4 bridgehead atoms. The highest BCUT2D eigenvalue weighted by Crippen LogP contribution is 2.52. The maximum atomic E-state index is 12.1. The normalized spacial score (nSPS) is 28.9. The Labute approximate surface area is 164 Å². The van der Waals surface area contributed by atoms with E-state index in [9.17, 15) is 4.79 Å². The van der Waals surface area contributed by atoms with E-state index >= 15 is 0 Å². The molecule has 26 heavy (non-hydrogen) atoms. The minimum Gasteiger partial charge on any atom is -0.492 e. The van der Waals surface area contributed by atoms with E-state index in [1.54, 1.807) is 18.2 Å². The molecule has 5 rings (SSSR count). The molecule has 1 aromatic rings. The molecule has 0 aromatic heterocycles. The third-order valence-corrected chi connectivity index (χ3v) is 6.51. The molecule has 4 fully saturated rings. The number of halogens is 2. The van der Waals surface area contributed by atoms with Gasteiger partial charge in [-0.1, -0.05) is 23.2 Å². The molecule has 0 saturated heterocycles. The monoisotopic (exact) mass is 394 g/mol. The second kappa shape index (κ2) is 7.77. The molecule has 4 aliphatic rings. The van der Waals surface area contributed by atoms with Gasteiger partial charge in [-0.05, 0) is 80.4 Å². The van der Waals surface area contributed by atoms with Crippen LogP contribution in [0.3, 0.4) is 0 Å². The second-order valence-electron chi connectivity index (χ2n) is 7.90. The minimum atomic E-state index is -0.0443. The zero-order valence-electron chi connectivity index (χ0n) is 14.7. The topological polar surface area (TPSA) is 50.7 Å². The number of hydrogen-bond acceptors (Lipinski definition) is 3. The number of amides is 1. The summed E-state index contributed by atoms with van der Waals surface area (Å²) in [6.45, 7) is 0.431. The highest BCUT2D eigenvalue weighted by Gasteiger charge is 2.46. The van der Waals surface area contributed by atoms with Crippen LogP contribution in [0.2, 0.25) is 10.0 Å². The summed E-state index contributed by atoms with van der Waals surface area (Å²) in [5, 5.41) is 5.58. The van der Waals surface area contributed by atoms with E-state index in [0.717, 1.165) is 11.8 Å². The second-order valence-corrected chi connectivity index (χ2v) is 8.75. The molecule has 1 amide bonds. The first-order valence-corrected chi connectivity index (χ1v) is 10.3. The van der Waals surface area contributed by atoms with Crippen LogP contribution in [-0.2, 0) is 4.79 Å². The number of nitrogens with one attached hydrogen (secondary N) is 1. The average molecular weight is 395 g/mol. The van der Waals surface area contributed by atoms with Crippen molar-refractivity contribution in [3.63, 3.8) is 0 Å². The van der Waals surface area contributed by atoms with Crippen molar-refractivity contribution in [2.24, 2.45) is 28.8 Å². The van der Waals surface area contributed by atoms with Crippen LogP contribution in [0.15, 0.2) is 23.3 Å². The smallest absolute Gasteiger partial charge is 0.240 e. The van der Waals surface area contributed by atoms with Gasteiger partial charge in [0.05, 0.1) is 11.6 Å². The molecule has 4 saturated carbocycles. The van der Waals surface area contributed by atoms with Gasteiger partial charge in [-0.2, -0.15) is 5.10 Å². The highest BCUT2D eigenvalue weighted by molar-refractivity contribution is 6.35. The number of hydrazone groups is 1. The number of hydrogen-bond donors (Lipinski definition) is 1. The number of nitrogens with zero attached hydrogens (tertiary/aromatic N) is 1. The van der Waals surface area contributed by atoms with Crippen molar-refractivity contribution in [1.82, 2.24) is 5.43 Å². The van der Waals surface area contributed by atoms with Crippen LogP contribution in [-0.4, -0.2) is 18.2 Å². The van der Waals surface area contributed by atoms with Gasteiger partial charge in [0, 0.05) is 17.2 Å². The van der Waals surface area contributed by atoms with Gasteiger partial charge in [-0.15, -0.1) is 0 Å². The molecule has 0 radical (unpaired) electrons. The lowest BCUT2D eigenvalue weighted by molar-refractivity contribution is -0.121. The van der Waals surface area contributed by atoms with E-state index < -0.39 is 0 Å². The Hall–Kier alpha value is -1.26. The van der Waals surface area contributed by atoms with E-state index in [1.165, 1.54) is 37.8 Å². The third-order valence-electron chi connectivity index (χ3n) is 5.98. The van der Waals surface area contributed by atoms with Crippen molar-refractivity contribution in [3.05, 3.63) is 28.2 Å². The van der Waals surface area contributed by atoms with E-state index in [-0.39, 0.29) is 5.91 Å². The molecule has 4 aliphatic carbocycles. The predicted molar refractivity (Wildman–Crippen MR) is 104 cm³/mol. The summed E-state index contributed by atoms with van der Waals surface area (Å²) in [5.74, 6) is 3.58. The number of carbonyl (C=O) groups is 1. The SMILES string of the molecule is O=C(CCCOc1ccc(Cl)cc1Cl)NN=C1C2CC3CC(C2)CC1C3. The summed E-state index contributed by atoms with van der Waals surface area (Å²) in [7, 11) is 0. The van der Waals surface area contributed by atoms with Crippen molar-refractivity contribution in [2.45, 2.75) is 44.9 Å². The number of rotatable bonds is 6. The van der Waals surface area contributed by atoms with Crippen LogP contribution in [0.25, 0.3) is 0 Å². The highest BCUT2D eigenvalue weighted by atomic mass is 35.5. The van der Waals surface area contributed by atoms with E-state index in [0.29, 0.717) is 47.1 Å². The summed E-state index contributed by atoms with van der Waals surface area (Å²) in [6, 6.07) is 5.12. The Morgan fingerprint density at radius 3 is 2.46 bits per heavy atom. The molecule has 0 aliphatic heterocycles. The Morgan fingerprint density at radius 2 is 1.81 bits per heavy atom. The predicted octanol–water partition coefficient (Wildman–Crippen LogP) is 5.08. The standard InChI is InChI=1S/C20H24Cl2N2O2/c21-16-3-4-18(17(22)11-16)26-5-1-2-19(25)23-24-20-14-7-12-6-13(9-14)10-15(20)8-12/h3-4,11-15H,1-2,5-10H2,(H,23,25). The largest absolute Gasteiger partial charge is 0.492 e. The fourth-order valence-corrected chi connectivity index (χ4v) is 5.50. The Balaban J connectivity index is 1.21. The van der Waals surface area contributed by atoms with Crippen LogP contribution in [0, 0.1) is 23.7 Å². The fraction of sp³-hybridized carbons (Fsp3) is 0.600. The first kappa shape index (κ1) is 18.1. The maximum Gasteiger partial charge on any atom is 0.240 e. The third kappa shape index (κ3) is 4.01. The van der Waals surface area contributed by atoms with Crippen molar-refractivity contribution < 1.29 is 9.53 Å². The molecular weight excluding hydrogens is 371 g/mol. The molecule has 1 aromatic carbocycles. The lowest BCUT2D eigenvalue weighted by Gasteiger charge is -2.50. The lowest BCUT2D eigenvalue weighted by Crippen LogP contribution is -2.46. The van der Waals surface area contributed by atoms with Gasteiger partial charge in [0.15, 0.2) is 0 Å². The number of carbonyl (C=O) groups excluding carboxylic acids is 1. The molecule has 0 unspecified atom stereocenters. The summed E-state index contributed by atoms with van der Waals surface area (Å²) < 4.78 is 5.61. The summed E-state index contributed by atoms with van der Waals surface area (Å²) in [4.78, 5) is 12.1. The van der Waals surface area contributed by atoms with Crippen LogP contribution < -0.4 is 10.2 Å². The van der Waals surface area contributed by atoms with E-state index in [2.05, 4.69) is 10.5 Å². The quantitative estimate of drug-likeness (QED) is 0.539. The zero-order chi connectivity index (χ0) is 18.1. The van der Waals surface area contributed by atoms with Gasteiger partial charge in [-0.3, -0.25) is 4.79 Å². The maximum absolute atomic E-state index is 12.1. The summed E-state index contributed by atoms with van der Waals surface area (Å²) in [5.41, 5.74) is 4.04. The van der Waals surface area contributed by atoms with E-state index in [4.69, 9.17) is 27.9 Å². The zero-order valence-corrected chi connectivity index (χ0v) is 16.2. The van der Waals surface area contributed by atoms with E-state index in [1.807, 2.05) is 0 Å². The first-order valence-electron chi connectivity index (χ1n) is 9.52. The molecule has 4 nitrogen and oxygen atoms in total. The number of ether oxygens (including phenoxy) is 1. The molecule has 140 valence electrons. The molecule has 0 spiro atoms. The Bertz CT molecular complexity index is 690. The average Bonchev–Trinajstić information content (AvgIpc) is 2.59. The van der Waals surface area contributed by atoms with Crippen LogP contribution >= 0.6 is 23.2 Å². The Morgan fingerprint density at radius 1 is 1.12 bits per heavy atom. The minimum absolute atomic E-state index is 0.0443. The Kier molecular flexibility index (Phi) is 5.42. The van der Waals surface area contributed by atoms with Gasteiger partial charge >= 0.3 is 0 Å². The number of benzene rings is 1. The van der Waals surface area contributed by atoms with Crippen molar-refractivity contribution in [1.29, 1.82) is 0 Å². The van der Waals surface area contributed by atoms with Gasteiger partial charge in [0.2, 0.25) is 5.91 Å². The molecular formula is C20H24Cl2N2O2. The first-order chi connectivity index (χ1) is 12.6. The molecule has 6 heteroatoms. The van der Waals surface area contributed by atoms with Crippen LogP contribution in [0.1, 0.15) is 44.9 Å². The van der Waals surface area contributed by atoms with Crippen molar-refractivity contribution >= 4 is 34.8 Å². The summed E-state index contributed by atoms with van der Waals surface area (Å²) in [6.07, 6.45) is 7.53. The summed E-state index contributed by atoms with van der Waals surface area (Å²) >= 11 is 11.9. The molecule has 0 atom stereocenters. The van der Waals surface area contributed by atoms with Crippen LogP contribution in [0.5, 0.6) is 5.75 Å². The van der Waals surface area contributed by atoms with Crippen LogP contribution in [0.4, 0.5) is 0 Å². The van der Waals surface area contributed by atoms with Gasteiger partial charge in [-0.25, -0.2) is 5.43 Å².